The molecule has 0 fully saturated rings. The molecule has 8 heteroatoms. The van der Waals surface area contributed by atoms with Crippen LogP contribution in [0.1, 0.15) is 40.2 Å². The van der Waals surface area contributed by atoms with E-state index in [0.717, 1.165) is 30.6 Å². The van der Waals surface area contributed by atoms with Crippen molar-refractivity contribution in [2.75, 3.05) is 59.2 Å². The van der Waals surface area contributed by atoms with Crippen LogP contribution in [0.5, 0.6) is 0 Å². The van der Waals surface area contributed by atoms with Crippen molar-refractivity contribution in [2.45, 2.75) is 18.8 Å². The Morgan fingerprint density at radius 2 is 1.50 bits per heavy atom. The summed E-state index contributed by atoms with van der Waals surface area (Å²) in [5.74, 6) is -0.473. The van der Waals surface area contributed by atoms with Crippen LogP contribution in [0, 0.1) is 0 Å². The van der Waals surface area contributed by atoms with Gasteiger partial charge < -0.3 is 20.3 Å². The Bertz CT molecular complexity index is 1180. The lowest BCUT2D eigenvalue weighted by Gasteiger charge is -2.27. The van der Waals surface area contributed by atoms with E-state index in [1.165, 1.54) is 7.11 Å². The lowest BCUT2D eigenvalue weighted by atomic mass is 9.88. The summed E-state index contributed by atoms with van der Waals surface area (Å²) in [7, 11) is 5.13. The molecule has 40 heavy (non-hydrogen) atoms. The molecule has 0 spiro atoms. The molecule has 2 amide bonds. The monoisotopic (exact) mass is 544 g/mol. The molecule has 0 radical (unpaired) electrons. The molecule has 3 aromatic rings. The van der Waals surface area contributed by atoms with E-state index >= 15 is 0 Å². The number of ether oxygens (including phenoxy) is 1. The number of carbonyl (C=O) groups is 3. The maximum atomic E-state index is 13.5. The first kappa shape index (κ1) is 30.5. The third-order valence-corrected chi connectivity index (χ3v) is 6.69. The molecule has 0 bridgehead atoms. The van der Waals surface area contributed by atoms with Crippen LogP contribution in [-0.2, 0) is 9.53 Å². The SMILES string of the molecule is CNCCCN(C)CC(=O)CN(CCC(c1ccccc1)c1ccccc1)C(=O)Nc1cccc(C(=O)OC)c1. The van der Waals surface area contributed by atoms with Crippen molar-refractivity contribution < 1.29 is 19.1 Å². The molecule has 0 unspecified atom stereocenters. The summed E-state index contributed by atoms with van der Waals surface area (Å²) in [5, 5.41) is 5.98. The Morgan fingerprint density at radius 1 is 0.850 bits per heavy atom. The number of urea groups is 1. The van der Waals surface area contributed by atoms with Gasteiger partial charge in [0.25, 0.3) is 0 Å². The number of amides is 2. The number of benzene rings is 3. The third-order valence-electron chi connectivity index (χ3n) is 6.69. The molecule has 0 saturated carbocycles. The Kier molecular flexibility index (Phi) is 12.3. The number of hydrogen-bond donors (Lipinski definition) is 2. The number of ketones is 1. The van der Waals surface area contributed by atoms with Gasteiger partial charge in [0.05, 0.1) is 25.8 Å². The van der Waals surface area contributed by atoms with E-state index in [4.69, 9.17) is 4.74 Å². The summed E-state index contributed by atoms with van der Waals surface area (Å²) in [6, 6.07) is 26.5. The maximum absolute atomic E-state index is 13.5. The second-order valence-corrected chi connectivity index (χ2v) is 9.82. The van der Waals surface area contributed by atoms with Gasteiger partial charge in [-0.2, -0.15) is 0 Å². The van der Waals surface area contributed by atoms with Gasteiger partial charge in [0.1, 0.15) is 0 Å². The lowest BCUT2D eigenvalue weighted by molar-refractivity contribution is -0.120. The maximum Gasteiger partial charge on any atom is 0.337 e. The summed E-state index contributed by atoms with van der Waals surface area (Å²) < 4.78 is 4.80. The Morgan fingerprint density at radius 3 is 2.10 bits per heavy atom. The van der Waals surface area contributed by atoms with Gasteiger partial charge in [0, 0.05) is 18.2 Å². The Balaban J connectivity index is 1.78. The van der Waals surface area contributed by atoms with Crippen LogP contribution in [0.4, 0.5) is 10.5 Å². The van der Waals surface area contributed by atoms with Crippen molar-refractivity contribution in [3.8, 4) is 0 Å². The number of carbonyl (C=O) groups excluding carboxylic acids is 3. The zero-order chi connectivity index (χ0) is 28.7. The van der Waals surface area contributed by atoms with Crippen LogP contribution >= 0.6 is 0 Å². The van der Waals surface area contributed by atoms with Gasteiger partial charge in [0.2, 0.25) is 0 Å². The molecule has 0 aliphatic heterocycles. The number of nitrogens with one attached hydrogen (secondary N) is 2. The lowest BCUT2D eigenvalue weighted by Crippen LogP contribution is -2.42. The topological polar surface area (TPSA) is 91.0 Å². The molecular formula is C32H40N4O4. The van der Waals surface area contributed by atoms with Gasteiger partial charge in [0.15, 0.2) is 5.78 Å². The van der Waals surface area contributed by atoms with Crippen LogP contribution in [0.2, 0.25) is 0 Å². The minimum absolute atomic E-state index is 0.0187. The number of esters is 1. The van der Waals surface area contributed by atoms with E-state index in [-0.39, 0.29) is 24.8 Å². The summed E-state index contributed by atoms with van der Waals surface area (Å²) in [4.78, 5) is 42.1. The molecule has 0 aromatic heterocycles. The van der Waals surface area contributed by atoms with Crippen molar-refractivity contribution >= 4 is 23.5 Å². The Labute approximate surface area is 237 Å². The standard InChI is InChI=1S/C32H40N4O4/c1-33-19-11-20-35(2)23-29(37)24-36(32(39)34-28-17-10-16-27(22-28)31(38)40-3)21-18-30(25-12-6-4-7-13-25)26-14-8-5-9-15-26/h4-10,12-17,22,30,33H,11,18-21,23-24H2,1-3H3,(H,34,39). The number of anilines is 1. The van der Waals surface area contributed by atoms with Crippen molar-refractivity contribution in [3.63, 3.8) is 0 Å². The fourth-order valence-corrected chi connectivity index (χ4v) is 4.65. The van der Waals surface area contributed by atoms with Gasteiger partial charge in [-0.1, -0.05) is 66.7 Å². The molecule has 0 saturated heterocycles. The van der Waals surface area contributed by atoms with Gasteiger partial charge in [-0.25, -0.2) is 9.59 Å². The zero-order valence-electron chi connectivity index (χ0n) is 23.6. The molecule has 8 nitrogen and oxygen atoms in total. The van der Waals surface area contributed by atoms with E-state index in [9.17, 15) is 14.4 Å². The number of likely N-dealkylation sites (N-methyl/N-ethyl adjacent to an activating group) is 1. The minimum Gasteiger partial charge on any atom is -0.465 e. The second-order valence-electron chi connectivity index (χ2n) is 9.82. The largest absolute Gasteiger partial charge is 0.465 e. The fraction of sp³-hybridized carbons (Fsp3) is 0.344. The molecule has 0 atom stereocenters. The molecular weight excluding hydrogens is 504 g/mol. The van der Waals surface area contributed by atoms with Gasteiger partial charge in [-0.05, 0) is 69.4 Å². The van der Waals surface area contributed by atoms with Crippen LogP contribution in [0.15, 0.2) is 84.9 Å². The fourth-order valence-electron chi connectivity index (χ4n) is 4.65. The number of methoxy groups -OCH3 is 1. The number of hydrogen-bond acceptors (Lipinski definition) is 6. The predicted molar refractivity (Wildman–Crippen MR) is 159 cm³/mol. The summed E-state index contributed by atoms with van der Waals surface area (Å²) >= 11 is 0. The average Bonchev–Trinajstić information content (AvgIpc) is 2.97. The van der Waals surface area contributed by atoms with Crippen molar-refractivity contribution in [1.82, 2.24) is 15.1 Å². The molecule has 0 aliphatic rings. The molecule has 3 aromatic carbocycles. The molecule has 0 aliphatic carbocycles. The normalized spacial score (nSPS) is 10.9. The van der Waals surface area contributed by atoms with Gasteiger partial charge in [-0.3, -0.25) is 9.69 Å². The highest BCUT2D eigenvalue weighted by molar-refractivity contribution is 5.95. The first-order valence-corrected chi connectivity index (χ1v) is 13.6. The van der Waals surface area contributed by atoms with E-state index in [1.54, 1.807) is 29.2 Å². The highest BCUT2D eigenvalue weighted by Gasteiger charge is 2.22. The number of Topliss-reactive ketones (excluding diaryl/α,β-unsaturated/α-hetero) is 1. The van der Waals surface area contributed by atoms with Crippen molar-refractivity contribution in [3.05, 3.63) is 102 Å². The molecule has 2 N–H and O–H groups in total. The van der Waals surface area contributed by atoms with Gasteiger partial charge >= 0.3 is 12.0 Å². The highest BCUT2D eigenvalue weighted by Crippen LogP contribution is 2.28. The first-order chi connectivity index (χ1) is 19.4. The van der Waals surface area contributed by atoms with Crippen LogP contribution < -0.4 is 10.6 Å². The first-order valence-electron chi connectivity index (χ1n) is 13.6. The van der Waals surface area contributed by atoms with E-state index in [2.05, 4.69) is 34.9 Å². The van der Waals surface area contributed by atoms with E-state index in [0.29, 0.717) is 24.2 Å². The predicted octanol–water partition coefficient (Wildman–Crippen LogP) is 4.64. The zero-order valence-corrected chi connectivity index (χ0v) is 23.6. The molecule has 212 valence electrons. The highest BCUT2D eigenvalue weighted by atomic mass is 16.5. The summed E-state index contributed by atoms with van der Waals surface area (Å²) in [5.41, 5.74) is 3.09. The third kappa shape index (κ3) is 9.63. The quantitative estimate of drug-likeness (QED) is 0.214. The van der Waals surface area contributed by atoms with Gasteiger partial charge in [-0.15, -0.1) is 0 Å². The van der Waals surface area contributed by atoms with E-state index in [1.807, 2.05) is 55.4 Å². The van der Waals surface area contributed by atoms with Crippen LogP contribution in [-0.4, -0.2) is 81.5 Å². The summed E-state index contributed by atoms with van der Waals surface area (Å²) in [6.45, 7) is 2.26. The minimum atomic E-state index is -0.488. The number of nitrogens with zero attached hydrogens (tertiary/aromatic N) is 2. The summed E-state index contributed by atoms with van der Waals surface area (Å²) in [6.07, 6.45) is 1.56. The Hall–Kier alpha value is -4.01. The van der Waals surface area contributed by atoms with Crippen LogP contribution in [0.25, 0.3) is 0 Å². The second kappa shape index (κ2) is 16.2. The van der Waals surface area contributed by atoms with Crippen molar-refractivity contribution in [1.29, 1.82) is 0 Å². The van der Waals surface area contributed by atoms with Crippen LogP contribution in [0.3, 0.4) is 0 Å². The van der Waals surface area contributed by atoms with E-state index < -0.39 is 12.0 Å². The molecule has 0 heterocycles. The average molecular weight is 545 g/mol. The smallest absolute Gasteiger partial charge is 0.337 e. The molecule has 3 rings (SSSR count). The number of rotatable bonds is 15. The van der Waals surface area contributed by atoms with Crippen molar-refractivity contribution in [2.24, 2.45) is 0 Å².